The SMILES string of the molecule is CCCCNC(=O)COC(=O)CNS(=O)(=O)c1ccc(C)cc1. The van der Waals surface area contributed by atoms with E-state index < -0.39 is 35.1 Å². The third-order valence-electron chi connectivity index (χ3n) is 2.95. The van der Waals surface area contributed by atoms with Gasteiger partial charge in [0.15, 0.2) is 6.61 Å². The molecule has 2 N–H and O–H groups in total. The number of sulfonamides is 1. The van der Waals surface area contributed by atoms with Gasteiger partial charge in [-0.1, -0.05) is 31.0 Å². The fourth-order valence-electron chi connectivity index (χ4n) is 1.61. The predicted molar refractivity (Wildman–Crippen MR) is 85.2 cm³/mol. The van der Waals surface area contributed by atoms with Gasteiger partial charge in [0, 0.05) is 6.54 Å². The molecule has 0 atom stereocenters. The van der Waals surface area contributed by atoms with E-state index in [1.807, 2.05) is 13.8 Å². The lowest BCUT2D eigenvalue weighted by atomic mass is 10.2. The van der Waals surface area contributed by atoms with Gasteiger partial charge in [0.25, 0.3) is 5.91 Å². The summed E-state index contributed by atoms with van der Waals surface area (Å²) in [5.74, 6) is -1.22. The Morgan fingerprint density at radius 1 is 1.17 bits per heavy atom. The molecule has 1 rings (SSSR count). The average molecular weight is 342 g/mol. The first-order chi connectivity index (χ1) is 10.8. The van der Waals surface area contributed by atoms with Crippen molar-refractivity contribution in [2.75, 3.05) is 19.7 Å². The zero-order valence-electron chi connectivity index (χ0n) is 13.3. The molecule has 0 bridgehead atoms. The molecular formula is C15H22N2O5S. The number of nitrogens with one attached hydrogen (secondary N) is 2. The van der Waals surface area contributed by atoms with Crippen LogP contribution >= 0.6 is 0 Å². The molecule has 7 nitrogen and oxygen atoms in total. The minimum absolute atomic E-state index is 0.0632. The van der Waals surface area contributed by atoms with E-state index in [9.17, 15) is 18.0 Å². The van der Waals surface area contributed by atoms with Gasteiger partial charge in [0.1, 0.15) is 6.54 Å². The third kappa shape index (κ3) is 7.25. The van der Waals surface area contributed by atoms with Crippen LogP contribution in [0.25, 0.3) is 0 Å². The molecule has 1 amide bonds. The second kappa shape index (κ2) is 9.26. The van der Waals surface area contributed by atoms with Gasteiger partial charge in [-0.2, -0.15) is 4.72 Å². The molecule has 8 heteroatoms. The van der Waals surface area contributed by atoms with E-state index >= 15 is 0 Å². The van der Waals surface area contributed by atoms with Crippen molar-refractivity contribution in [2.24, 2.45) is 0 Å². The summed E-state index contributed by atoms with van der Waals surface area (Å²) in [5, 5.41) is 2.59. The monoisotopic (exact) mass is 342 g/mol. The van der Waals surface area contributed by atoms with E-state index in [2.05, 4.69) is 10.0 Å². The maximum absolute atomic E-state index is 12.0. The molecule has 0 fully saturated rings. The topological polar surface area (TPSA) is 102 Å². The van der Waals surface area contributed by atoms with E-state index in [0.29, 0.717) is 6.54 Å². The van der Waals surface area contributed by atoms with Gasteiger partial charge >= 0.3 is 5.97 Å². The maximum atomic E-state index is 12.0. The van der Waals surface area contributed by atoms with Crippen molar-refractivity contribution in [1.82, 2.24) is 10.0 Å². The number of amides is 1. The van der Waals surface area contributed by atoms with Crippen molar-refractivity contribution in [1.29, 1.82) is 0 Å². The molecule has 0 aliphatic carbocycles. The van der Waals surface area contributed by atoms with Crippen LogP contribution in [0.3, 0.4) is 0 Å². The highest BCUT2D eigenvalue weighted by Crippen LogP contribution is 2.09. The van der Waals surface area contributed by atoms with Gasteiger partial charge < -0.3 is 10.1 Å². The Balaban J connectivity index is 2.37. The summed E-state index contributed by atoms with van der Waals surface area (Å²) >= 11 is 0. The predicted octanol–water partition coefficient (Wildman–Crippen LogP) is 0.733. The smallest absolute Gasteiger partial charge is 0.321 e. The standard InChI is InChI=1S/C15H22N2O5S/c1-3-4-9-16-14(18)11-22-15(19)10-17-23(20,21)13-7-5-12(2)6-8-13/h5-8,17H,3-4,9-11H2,1-2H3,(H,16,18). The molecule has 0 spiro atoms. The van der Waals surface area contributed by atoms with Gasteiger partial charge in [-0.05, 0) is 25.5 Å². The number of aryl methyl sites for hydroxylation is 1. The van der Waals surface area contributed by atoms with E-state index in [-0.39, 0.29) is 4.90 Å². The largest absolute Gasteiger partial charge is 0.455 e. The number of esters is 1. The fourth-order valence-corrected chi connectivity index (χ4v) is 2.58. The van der Waals surface area contributed by atoms with Crippen LogP contribution in [0.5, 0.6) is 0 Å². The number of unbranched alkanes of at least 4 members (excludes halogenated alkanes) is 1. The minimum Gasteiger partial charge on any atom is -0.455 e. The second-order valence-electron chi connectivity index (χ2n) is 5.00. The van der Waals surface area contributed by atoms with Gasteiger partial charge in [0.05, 0.1) is 4.90 Å². The van der Waals surface area contributed by atoms with Gasteiger partial charge in [-0.3, -0.25) is 9.59 Å². The number of hydrogen-bond donors (Lipinski definition) is 2. The fraction of sp³-hybridized carbons (Fsp3) is 0.467. The lowest BCUT2D eigenvalue weighted by Crippen LogP contribution is -2.34. The molecule has 0 unspecified atom stereocenters. The zero-order chi connectivity index (χ0) is 17.3. The van der Waals surface area contributed by atoms with Crippen LogP contribution in [-0.2, 0) is 24.3 Å². The highest BCUT2D eigenvalue weighted by Gasteiger charge is 2.16. The molecule has 0 saturated heterocycles. The molecule has 0 aliphatic rings. The summed E-state index contributed by atoms with van der Waals surface area (Å²) in [6.07, 6.45) is 1.79. The Hall–Kier alpha value is -1.93. The number of carbonyl (C=O) groups excluding carboxylic acids is 2. The maximum Gasteiger partial charge on any atom is 0.321 e. The zero-order valence-corrected chi connectivity index (χ0v) is 14.1. The molecule has 0 heterocycles. The van der Waals surface area contributed by atoms with Crippen molar-refractivity contribution in [3.05, 3.63) is 29.8 Å². The molecule has 128 valence electrons. The Labute approximate surface area is 136 Å². The molecule has 0 radical (unpaired) electrons. The molecule has 1 aromatic carbocycles. The quantitative estimate of drug-likeness (QED) is 0.509. The normalized spacial score (nSPS) is 11.0. The molecule has 23 heavy (non-hydrogen) atoms. The van der Waals surface area contributed by atoms with Crippen LogP contribution in [0.2, 0.25) is 0 Å². The van der Waals surface area contributed by atoms with Crippen LogP contribution in [0.4, 0.5) is 0 Å². The third-order valence-corrected chi connectivity index (χ3v) is 4.37. The number of carbonyl (C=O) groups is 2. The van der Waals surface area contributed by atoms with Crippen molar-refractivity contribution < 1.29 is 22.7 Å². The van der Waals surface area contributed by atoms with E-state index in [4.69, 9.17) is 4.74 Å². The van der Waals surface area contributed by atoms with Crippen molar-refractivity contribution in [2.45, 2.75) is 31.6 Å². The summed E-state index contributed by atoms with van der Waals surface area (Å²) in [4.78, 5) is 22.9. The first kappa shape index (κ1) is 19.1. The number of hydrogen-bond acceptors (Lipinski definition) is 5. The van der Waals surface area contributed by atoms with Crippen LogP contribution < -0.4 is 10.0 Å². The first-order valence-corrected chi connectivity index (χ1v) is 8.82. The van der Waals surface area contributed by atoms with E-state index in [1.54, 1.807) is 12.1 Å². The summed E-state index contributed by atoms with van der Waals surface area (Å²) < 4.78 is 30.8. The summed E-state index contributed by atoms with van der Waals surface area (Å²) in [7, 11) is -3.78. The van der Waals surface area contributed by atoms with Crippen LogP contribution in [0.1, 0.15) is 25.3 Å². The highest BCUT2D eigenvalue weighted by molar-refractivity contribution is 7.89. The van der Waals surface area contributed by atoms with Crippen LogP contribution in [0, 0.1) is 6.92 Å². The van der Waals surface area contributed by atoms with Crippen LogP contribution in [-0.4, -0.2) is 40.0 Å². The molecule has 0 saturated carbocycles. The number of rotatable bonds is 9. The second-order valence-corrected chi connectivity index (χ2v) is 6.77. The van der Waals surface area contributed by atoms with E-state index in [0.717, 1.165) is 18.4 Å². The lowest BCUT2D eigenvalue weighted by Gasteiger charge is -2.08. The summed E-state index contributed by atoms with van der Waals surface area (Å²) in [5.41, 5.74) is 0.928. The highest BCUT2D eigenvalue weighted by atomic mass is 32.2. The molecular weight excluding hydrogens is 320 g/mol. The lowest BCUT2D eigenvalue weighted by molar-refractivity contribution is -0.147. The van der Waals surface area contributed by atoms with Crippen LogP contribution in [0.15, 0.2) is 29.2 Å². The minimum atomic E-state index is -3.78. The van der Waals surface area contributed by atoms with Crippen molar-refractivity contribution in [3.8, 4) is 0 Å². The molecule has 0 aromatic heterocycles. The van der Waals surface area contributed by atoms with Gasteiger partial charge in [-0.25, -0.2) is 8.42 Å². The average Bonchev–Trinajstić information content (AvgIpc) is 2.52. The first-order valence-electron chi connectivity index (χ1n) is 7.34. The van der Waals surface area contributed by atoms with Gasteiger partial charge in [0.2, 0.25) is 10.0 Å². The molecule has 0 aliphatic heterocycles. The van der Waals surface area contributed by atoms with E-state index in [1.165, 1.54) is 12.1 Å². The van der Waals surface area contributed by atoms with Crippen molar-refractivity contribution >= 4 is 21.9 Å². The number of benzene rings is 1. The number of ether oxygens (including phenoxy) is 1. The summed E-state index contributed by atoms with van der Waals surface area (Å²) in [6.45, 7) is 3.40. The molecule has 1 aromatic rings. The summed E-state index contributed by atoms with van der Waals surface area (Å²) in [6, 6.07) is 6.22. The van der Waals surface area contributed by atoms with Gasteiger partial charge in [-0.15, -0.1) is 0 Å². The Kier molecular flexibility index (Phi) is 7.70. The Bertz CT molecular complexity index is 626. The Morgan fingerprint density at radius 3 is 2.43 bits per heavy atom. The Morgan fingerprint density at radius 2 is 1.83 bits per heavy atom. The van der Waals surface area contributed by atoms with Crippen molar-refractivity contribution in [3.63, 3.8) is 0 Å².